The van der Waals surface area contributed by atoms with Crippen molar-refractivity contribution in [1.82, 2.24) is 5.32 Å². The van der Waals surface area contributed by atoms with Crippen molar-refractivity contribution >= 4 is 0 Å². The fourth-order valence-corrected chi connectivity index (χ4v) is 1.55. The Labute approximate surface area is 109 Å². The summed E-state index contributed by atoms with van der Waals surface area (Å²) in [5.74, 6) is 1.45. The van der Waals surface area contributed by atoms with Crippen molar-refractivity contribution in [1.29, 1.82) is 0 Å². The highest BCUT2D eigenvalue weighted by Crippen LogP contribution is 2.28. The molecule has 0 aromatic heterocycles. The van der Waals surface area contributed by atoms with Crippen LogP contribution in [0.4, 0.5) is 0 Å². The zero-order chi connectivity index (χ0) is 13.4. The smallest absolute Gasteiger partial charge is 0.161 e. The van der Waals surface area contributed by atoms with Crippen LogP contribution in [0.5, 0.6) is 11.5 Å². The maximum absolute atomic E-state index is 9.21. The number of benzene rings is 1. The molecule has 0 aliphatic heterocycles. The highest BCUT2D eigenvalue weighted by molar-refractivity contribution is 5.42. The third-order valence-electron chi connectivity index (χ3n) is 2.60. The fraction of sp³-hybridized carbons (Fsp3) is 0.571. The number of hydrogen-bond acceptors (Lipinski definition) is 4. The second-order valence-electron chi connectivity index (χ2n) is 4.25. The minimum absolute atomic E-state index is 0.346. The number of hydrogen-bond donors (Lipinski definition) is 2. The summed E-state index contributed by atoms with van der Waals surface area (Å²) in [7, 11) is 1.63. The van der Waals surface area contributed by atoms with E-state index >= 15 is 0 Å². The van der Waals surface area contributed by atoms with Gasteiger partial charge in [0, 0.05) is 13.0 Å². The van der Waals surface area contributed by atoms with Gasteiger partial charge < -0.3 is 19.9 Å². The second-order valence-corrected chi connectivity index (χ2v) is 4.25. The summed E-state index contributed by atoms with van der Waals surface area (Å²) < 4.78 is 10.9. The number of aliphatic hydroxyl groups is 1. The van der Waals surface area contributed by atoms with Crippen molar-refractivity contribution in [2.24, 2.45) is 0 Å². The molecule has 0 saturated heterocycles. The lowest BCUT2D eigenvalue weighted by Gasteiger charge is -2.13. The molecule has 4 nitrogen and oxygen atoms in total. The SMILES string of the molecule is CCNCc1ccc(OC)c(OCCC(C)O)c1. The Morgan fingerprint density at radius 3 is 2.72 bits per heavy atom. The molecule has 0 bridgehead atoms. The van der Waals surface area contributed by atoms with E-state index in [9.17, 15) is 5.11 Å². The molecule has 1 aromatic rings. The van der Waals surface area contributed by atoms with Gasteiger partial charge in [-0.25, -0.2) is 0 Å². The normalized spacial score (nSPS) is 12.2. The molecule has 1 aromatic carbocycles. The molecule has 0 amide bonds. The lowest BCUT2D eigenvalue weighted by atomic mass is 10.2. The van der Waals surface area contributed by atoms with Crippen LogP contribution in [0.15, 0.2) is 18.2 Å². The number of nitrogens with one attached hydrogen (secondary N) is 1. The first-order valence-corrected chi connectivity index (χ1v) is 6.35. The van der Waals surface area contributed by atoms with Gasteiger partial charge in [-0.05, 0) is 31.2 Å². The number of ether oxygens (including phenoxy) is 2. The minimum Gasteiger partial charge on any atom is -0.493 e. The Kier molecular flexibility index (Phi) is 6.54. The van der Waals surface area contributed by atoms with E-state index in [1.165, 1.54) is 0 Å². The lowest BCUT2D eigenvalue weighted by molar-refractivity contribution is 0.154. The number of aliphatic hydroxyl groups excluding tert-OH is 1. The summed E-state index contributed by atoms with van der Waals surface area (Å²) in [6.07, 6.45) is 0.265. The van der Waals surface area contributed by atoms with Gasteiger partial charge in [0.25, 0.3) is 0 Å². The summed E-state index contributed by atoms with van der Waals surface area (Å²) in [6, 6.07) is 5.90. The van der Waals surface area contributed by atoms with Crippen LogP contribution in [0, 0.1) is 0 Å². The van der Waals surface area contributed by atoms with Gasteiger partial charge in [-0.15, -0.1) is 0 Å². The summed E-state index contributed by atoms with van der Waals surface area (Å²) in [6.45, 7) is 6.06. The molecule has 1 atom stereocenters. The molecule has 18 heavy (non-hydrogen) atoms. The fourth-order valence-electron chi connectivity index (χ4n) is 1.55. The quantitative estimate of drug-likeness (QED) is 0.743. The Balaban J connectivity index is 2.66. The van der Waals surface area contributed by atoms with Crippen LogP contribution in [0.2, 0.25) is 0 Å². The van der Waals surface area contributed by atoms with Crippen molar-refractivity contribution in [2.75, 3.05) is 20.3 Å². The van der Waals surface area contributed by atoms with E-state index < -0.39 is 0 Å². The van der Waals surface area contributed by atoms with Crippen LogP contribution in [-0.2, 0) is 6.54 Å². The van der Waals surface area contributed by atoms with E-state index in [0.29, 0.717) is 13.0 Å². The van der Waals surface area contributed by atoms with Gasteiger partial charge in [0.05, 0.1) is 19.8 Å². The summed E-state index contributed by atoms with van der Waals surface area (Å²) in [5, 5.41) is 12.5. The third-order valence-corrected chi connectivity index (χ3v) is 2.60. The predicted molar refractivity (Wildman–Crippen MR) is 72.2 cm³/mol. The molecule has 0 spiro atoms. The largest absolute Gasteiger partial charge is 0.493 e. The topological polar surface area (TPSA) is 50.7 Å². The Morgan fingerprint density at radius 1 is 1.33 bits per heavy atom. The van der Waals surface area contributed by atoms with Crippen molar-refractivity contribution in [3.63, 3.8) is 0 Å². The zero-order valence-electron chi connectivity index (χ0n) is 11.4. The summed E-state index contributed by atoms with van der Waals surface area (Å²) in [4.78, 5) is 0. The molecule has 2 N–H and O–H groups in total. The van der Waals surface area contributed by atoms with Crippen molar-refractivity contribution in [3.05, 3.63) is 23.8 Å². The average molecular weight is 253 g/mol. The average Bonchev–Trinajstić information content (AvgIpc) is 2.36. The van der Waals surface area contributed by atoms with Gasteiger partial charge in [-0.3, -0.25) is 0 Å². The molecule has 0 fully saturated rings. The molecule has 4 heteroatoms. The Morgan fingerprint density at radius 2 is 2.11 bits per heavy atom. The monoisotopic (exact) mass is 253 g/mol. The van der Waals surface area contributed by atoms with E-state index in [1.807, 2.05) is 18.2 Å². The lowest BCUT2D eigenvalue weighted by Crippen LogP contribution is -2.12. The standard InChI is InChI=1S/C14H23NO3/c1-4-15-10-12-5-6-13(17-3)14(9-12)18-8-7-11(2)16/h5-6,9,11,15-16H,4,7-8,10H2,1-3H3. The van der Waals surface area contributed by atoms with Gasteiger partial charge in [0.15, 0.2) is 11.5 Å². The summed E-state index contributed by atoms with van der Waals surface area (Å²) in [5.41, 5.74) is 1.16. The van der Waals surface area contributed by atoms with Crippen LogP contribution in [0.3, 0.4) is 0 Å². The van der Waals surface area contributed by atoms with Crippen molar-refractivity contribution in [3.8, 4) is 11.5 Å². The number of methoxy groups -OCH3 is 1. The molecule has 0 aliphatic rings. The molecule has 0 radical (unpaired) electrons. The molecule has 0 aliphatic carbocycles. The molecule has 1 rings (SSSR count). The van der Waals surface area contributed by atoms with E-state index in [-0.39, 0.29) is 6.10 Å². The number of rotatable bonds is 8. The van der Waals surface area contributed by atoms with Gasteiger partial charge in [0.1, 0.15) is 0 Å². The van der Waals surface area contributed by atoms with Crippen molar-refractivity contribution < 1.29 is 14.6 Å². The first-order chi connectivity index (χ1) is 8.67. The molecule has 0 saturated carbocycles. The summed E-state index contributed by atoms with van der Waals surface area (Å²) >= 11 is 0. The maximum Gasteiger partial charge on any atom is 0.161 e. The van der Waals surface area contributed by atoms with E-state index in [2.05, 4.69) is 12.2 Å². The zero-order valence-corrected chi connectivity index (χ0v) is 11.4. The highest BCUT2D eigenvalue weighted by atomic mass is 16.5. The van der Waals surface area contributed by atoms with Gasteiger partial charge in [-0.1, -0.05) is 13.0 Å². The molecule has 0 heterocycles. The maximum atomic E-state index is 9.21. The first-order valence-electron chi connectivity index (χ1n) is 6.35. The van der Waals surface area contributed by atoms with Crippen LogP contribution in [-0.4, -0.2) is 31.5 Å². The van der Waals surface area contributed by atoms with E-state index in [1.54, 1.807) is 14.0 Å². The Bertz CT molecular complexity index is 353. The van der Waals surface area contributed by atoms with Crippen molar-refractivity contribution in [2.45, 2.75) is 32.9 Å². The molecular formula is C14H23NO3. The van der Waals surface area contributed by atoms with Gasteiger partial charge in [0.2, 0.25) is 0 Å². The van der Waals surface area contributed by atoms with E-state index in [4.69, 9.17) is 9.47 Å². The van der Waals surface area contributed by atoms with Crippen LogP contribution >= 0.6 is 0 Å². The van der Waals surface area contributed by atoms with Crippen LogP contribution in [0.1, 0.15) is 25.8 Å². The van der Waals surface area contributed by atoms with Crippen LogP contribution < -0.4 is 14.8 Å². The predicted octanol–water partition coefficient (Wildman–Crippen LogP) is 1.95. The highest BCUT2D eigenvalue weighted by Gasteiger charge is 2.06. The molecule has 1 unspecified atom stereocenters. The minimum atomic E-state index is -0.346. The third kappa shape index (κ3) is 4.94. The Hall–Kier alpha value is -1.26. The molecule has 102 valence electrons. The van der Waals surface area contributed by atoms with Gasteiger partial charge in [-0.2, -0.15) is 0 Å². The second kappa shape index (κ2) is 7.95. The molecular weight excluding hydrogens is 230 g/mol. The first kappa shape index (κ1) is 14.8. The van der Waals surface area contributed by atoms with E-state index in [0.717, 1.165) is 30.2 Å². The van der Waals surface area contributed by atoms with Crippen LogP contribution in [0.25, 0.3) is 0 Å². The van der Waals surface area contributed by atoms with Gasteiger partial charge >= 0.3 is 0 Å².